The van der Waals surface area contributed by atoms with Crippen LogP contribution in [0.15, 0.2) is 48.5 Å². The average molecular weight is 369 g/mol. The molecule has 27 heavy (non-hydrogen) atoms. The molecule has 5 heteroatoms. The van der Waals surface area contributed by atoms with Gasteiger partial charge in [0.25, 0.3) is 0 Å². The molecule has 1 aliphatic heterocycles. The summed E-state index contributed by atoms with van der Waals surface area (Å²) in [6, 6.07) is 16.1. The smallest absolute Gasteiger partial charge is 0.161 e. The first-order valence-corrected chi connectivity index (χ1v) is 9.76. The van der Waals surface area contributed by atoms with Crippen molar-refractivity contribution in [3.8, 4) is 11.5 Å². The van der Waals surface area contributed by atoms with E-state index in [4.69, 9.17) is 14.2 Å². The summed E-state index contributed by atoms with van der Waals surface area (Å²) in [5, 5.41) is 13.5. The fraction of sp³-hybridized carbons (Fsp3) is 0.455. The Kier molecular flexibility index (Phi) is 5.92. The highest BCUT2D eigenvalue weighted by molar-refractivity contribution is 5.40. The van der Waals surface area contributed by atoms with Crippen LogP contribution in [0.1, 0.15) is 30.1 Å². The molecule has 0 unspecified atom stereocenters. The molecule has 0 fully saturated rings. The molecule has 0 radical (unpaired) electrons. The van der Waals surface area contributed by atoms with Gasteiger partial charge in [-0.05, 0) is 42.5 Å². The van der Waals surface area contributed by atoms with Gasteiger partial charge in [-0.1, -0.05) is 36.4 Å². The number of aryl methyl sites for hydroxylation is 1. The van der Waals surface area contributed by atoms with Crippen LogP contribution >= 0.6 is 0 Å². The SMILES string of the molecule is O[C@H](CNC[C@@H]1COc2ccccc2O1)CO[C@H]1CCCc2ccccc21. The number of fused-ring (bicyclic) bond motifs is 2. The zero-order valence-corrected chi connectivity index (χ0v) is 15.5. The van der Waals surface area contributed by atoms with Gasteiger partial charge in [0.15, 0.2) is 11.5 Å². The Morgan fingerprint density at radius 2 is 1.93 bits per heavy atom. The Morgan fingerprint density at radius 3 is 2.85 bits per heavy atom. The molecule has 5 nitrogen and oxygen atoms in total. The number of hydrogen-bond acceptors (Lipinski definition) is 5. The second-order valence-corrected chi connectivity index (χ2v) is 7.22. The van der Waals surface area contributed by atoms with Gasteiger partial charge in [-0.25, -0.2) is 0 Å². The van der Waals surface area contributed by atoms with Crippen molar-refractivity contribution in [3.05, 3.63) is 59.7 Å². The molecule has 0 saturated carbocycles. The molecule has 0 spiro atoms. The molecule has 2 aromatic rings. The molecule has 2 aromatic carbocycles. The minimum absolute atomic E-state index is 0.0572. The topological polar surface area (TPSA) is 60.0 Å². The van der Waals surface area contributed by atoms with Gasteiger partial charge in [-0.3, -0.25) is 0 Å². The Labute approximate surface area is 160 Å². The molecule has 2 aliphatic rings. The number of nitrogens with one attached hydrogen (secondary N) is 1. The summed E-state index contributed by atoms with van der Waals surface area (Å²) in [6.07, 6.45) is 2.76. The van der Waals surface area contributed by atoms with Crippen molar-refractivity contribution in [1.82, 2.24) is 5.32 Å². The summed E-state index contributed by atoms with van der Waals surface area (Å²) in [5.74, 6) is 1.56. The van der Waals surface area contributed by atoms with Crippen LogP contribution in [0.25, 0.3) is 0 Å². The third kappa shape index (κ3) is 4.61. The first-order chi connectivity index (χ1) is 13.3. The van der Waals surface area contributed by atoms with Crippen molar-refractivity contribution in [2.45, 2.75) is 37.6 Å². The monoisotopic (exact) mass is 369 g/mol. The number of benzene rings is 2. The lowest BCUT2D eigenvalue weighted by Gasteiger charge is -2.28. The number of hydrogen-bond donors (Lipinski definition) is 2. The predicted molar refractivity (Wildman–Crippen MR) is 103 cm³/mol. The molecule has 0 saturated heterocycles. The molecule has 0 amide bonds. The highest BCUT2D eigenvalue weighted by atomic mass is 16.6. The first kappa shape index (κ1) is 18.3. The predicted octanol–water partition coefficient (Wildman–Crippen LogP) is 2.87. The van der Waals surface area contributed by atoms with Crippen LogP contribution in [-0.2, 0) is 11.2 Å². The van der Waals surface area contributed by atoms with Gasteiger partial charge in [-0.2, -0.15) is 0 Å². The molecule has 2 N–H and O–H groups in total. The third-order valence-corrected chi connectivity index (χ3v) is 5.12. The van der Waals surface area contributed by atoms with E-state index in [9.17, 15) is 5.11 Å². The van der Waals surface area contributed by atoms with Crippen molar-refractivity contribution < 1.29 is 19.3 Å². The van der Waals surface area contributed by atoms with E-state index in [1.165, 1.54) is 11.1 Å². The van der Waals surface area contributed by atoms with E-state index >= 15 is 0 Å². The Morgan fingerprint density at radius 1 is 1.11 bits per heavy atom. The van der Waals surface area contributed by atoms with Crippen LogP contribution in [0.4, 0.5) is 0 Å². The summed E-state index contributed by atoms with van der Waals surface area (Å²) in [4.78, 5) is 0. The molecule has 1 aliphatic carbocycles. The number of para-hydroxylation sites is 2. The van der Waals surface area contributed by atoms with Gasteiger partial charge in [0.2, 0.25) is 0 Å². The summed E-state index contributed by atoms with van der Waals surface area (Å²) < 4.78 is 17.6. The maximum Gasteiger partial charge on any atom is 0.161 e. The van der Waals surface area contributed by atoms with Crippen LogP contribution < -0.4 is 14.8 Å². The lowest BCUT2D eigenvalue weighted by atomic mass is 9.89. The van der Waals surface area contributed by atoms with E-state index in [1.807, 2.05) is 24.3 Å². The summed E-state index contributed by atoms with van der Waals surface area (Å²) in [7, 11) is 0. The molecule has 0 aromatic heterocycles. The molecule has 3 atom stereocenters. The summed E-state index contributed by atoms with van der Waals surface area (Å²) >= 11 is 0. The standard InChI is InChI=1S/C22H27NO4/c24-17(14-25-20-11-5-7-16-6-1-2-8-19(16)20)12-23-13-18-15-26-21-9-3-4-10-22(21)27-18/h1-4,6,8-10,17-18,20,23-24H,5,7,11-15H2/t17-,18-,20+/m1/s1. The number of rotatable bonds is 7. The minimum Gasteiger partial charge on any atom is -0.486 e. The number of ether oxygens (including phenoxy) is 3. The van der Waals surface area contributed by atoms with Crippen LogP contribution in [-0.4, -0.2) is 43.6 Å². The molecule has 4 rings (SSSR count). The van der Waals surface area contributed by atoms with Crippen molar-refractivity contribution in [2.75, 3.05) is 26.3 Å². The summed E-state index contributed by atoms with van der Waals surface area (Å²) in [5.41, 5.74) is 2.64. The third-order valence-electron chi connectivity index (χ3n) is 5.12. The van der Waals surface area contributed by atoms with Crippen LogP contribution in [0.2, 0.25) is 0 Å². The average Bonchev–Trinajstić information content (AvgIpc) is 2.72. The Hall–Kier alpha value is -2.08. The molecule has 144 valence electrons. The molecule has 0 bridgehead atoms. The van der Waals surface area contributed by atoms with Crippen molar-refractivity contribution in [2.24, 2.45) is 0 Å². The zero-order valence-electron chi connectivity index (χ0n) is 15.5. The largest absolute Gasteiger partial charge is 0.486 e. The van der Waals surface area contributed by atoms with Gasteiger partial charge in [-0.15, -0.1) is 0 Å². The molecule has 1 heterocycles. The number of aliphatic hydroxyl groups excluding tert-OH is 1. The van der Waals surface area contributed by atoms with Gasteiger partial charge in [0.1, 0.15) is 12.7 Å². The van der Waals surface area contributed by atoms with E-state index in [2.05, 4.69) is 29.6 Å². The van der Waals surface area contributed by atoms with Gasteiger partial charge >= 0.3 is 0 Å². The van der Waals surface area contributed by atoms with E-state index in [0.29, 0.717) is 26.3 Å². The second kappa shape index (κ2) is 8.74. The van der Waals surface area contributed by atoms with E-state index < -0.39 is 6.10 Å². The molecular formula is C22H27NO4. The lowest BCUT2D eigenvalue weighted by Crippen LogP contribution is -2.41. The van der Waals surface area contributed by atoms with Crippen molar-refractivity contribution >= 4 is 0 Å². The Bertz CT molecular complexity index is 751. The van der Waals surface area contributed by atoms with Crippen LogP contribution in [0.5, 0.6) is 11.5 Å². The van der Waals surface area contributed by atoms with Crippen molar-refractivity contribution in [1.29, 1.82) is 0 Å². The lowest BCUT2D eigenvalue weighted by molar-refractivity contribution is -0.0177. The number of aliphatic hydroxyl groups is 1. The maximum atomic E-state index is 10.3. The first-order valence-electron chi connectivity index (χ1n) is 9.76. The summed E-state index contributed by atoms with van der Waals surface area (Å²) in [6.45, 7) is 1.93. The highest BCUT2D eigenvalue weighted by Gasteiger charge is 2.22. The van der Waals surface area contributed by atoms with E-state index in [0.717, 1.165) is 30.8 Å². The van der Waals surface area contributed by atoms with Gasteiger partial charge in [0.05, 0.1) is 18.8 Å². The Balaban J connectivity index is 1.18. The van der Waals surface area contributed by atoms with Crippen molar-refractivity contribution in [3.63, 3.8) is 0 Å². The van der Waals surface area contributed by atoms with Gasteiger partial charge in [0, 0.05) is 13.1 Å². The maximum absolute atomic E-state index is 10.3. The highest BCUT2D eigenvalue weighted by Crippen LogP contribution is 2.32. The quantitative estimate of drug-likeness (QED) is 0.786. The fourth-order valence-corrected chi connectivity index (χ4v) is 3.74. The van der Waals surface area contributed by atoms with E-state index in [1.54, 1.807) is 0 Å². The zero-order chi connectivity index (χ0) is 18.5. The van der Waals surface area contributed by atoms with Crippen LogP contribution in [0, 0.1) is 0 Å². The second-order valence-electron chi connectivity index (χ2n) is 7.22. The van der Waals surface area contributed by atoms with Crippen LogP contribution in [0.3, 0.4) is 0 Å². The molecular weight excluding hydrogens is 342 g/mol. The fourth-order valence-electron chi connectivity index (χ4n) is 3.74. The van der Waals surface area contributed by atoms with Gasteiger partial charge < -0.3 is 24.6 Å². The normalized spacial score (nSPS) is 22.1. The van der Waals surface area contributed by atoms with E-state index in [-0.39, 0.29) is 12.2 Å². The minimum atomic E-state index is -0.545.